The van der Waals surface area contributed by atoms with Crippen molar-refractivity contribution in [3.8, 4) is 0 Å². The summed E-state index contributed by atoms with van der Waals surface area (Å²) in [4.78, 5) is 11.8. The molecule has 78 valence electrons. The summed E-state index contributed by atoms with van der Waals surface area (Å²) >= 11 is 1.52. The molecule has 0 aliphatic heterocycles. The minimum absolute atomic E-state index is 0.0328. The first kappa shape index (κ1) is 11.2. The Bertz CT molecular complexity index is 293. The lowest BCUT2D eigenvalue weighted by atomic mass is 9.88. The smallest absolute Gasteiger partial charge is 0.230 e. The Kier molecular flexibility index (Phi) is 3.66. The van der Waals surface area contributed by atoms with Gasteiger partial charge in [0.25, 0.3) is 0 Å². The number of amides is 1. The molecule has 0 unspecified atom stereocenters. The fraction of sp³-hybridized carbons (Fsp3) is 0.500. The van der Waals surface area contributed by atoms with Gasteiger partial charge in [-0.05, 0) is 30.5 Å². The summed E-state index contributed by atoms with van der Waals surface area (Å²) < 4.78 is 0. The monoisotopic (exact) mass is 212 g/mol. The Labute approximate surface area is 88.3 Å². The van der Waals surface area contributed by atoms with Gasteiger partial charge in [-0.15, -0.1) is 11.3 Å². The molecule has 0 spiro atoms. The predicted molar refractivity (Wildman–Crippen MR) is 60.4 cm³/mol. The number of nitrogens with one attached hydrogen (secondary N) is 1. The average Bonchev–Trinajstić information content (AvgIpc) is 2.56. The van der Waals surface area contributed by atoms with Crippen molar-refractivity contribution < 1.29 is 4.79 Å². The van der Waals surface area contributed by atoms with Crippen LogP contribution in [0, 0.1) is 5.41 Å². The summed E-state index contributed by atoms with van der Waals surface area (Å²) in [5.41, 5.74) is 5.06. The Hall–Kier alpha value is -0.870. The number of nitrogens with two attached hydrogens (primary N) is 1. The molecule has 1 rings (SSSR count). The van der Waals surface area contributed by atoms with Crippen LogP contribution in [0.25, 0.3) is 0 Å². The molecule has 0 aliphatic rings. The third kappa shape index (κ3) is 2.82. The van der Waals surface area contributed by atoms with Gasteiger partial charge in [-0.2, -0.15) is 0 Å². The van der Waals surface area contributed by atoms with Crippen molar-refractivity contribution in [3.05, 3.63) is 17.5 Å². The van der Waals surface area contributed by atoms with Gasteiger partial charge in [-0.3, -0.25) is 4.79 Å². The van der Waals surface area contributed by atoms with E-state index in [1.54, 1.807) is 0 Å². The molecule has 1 amide bonds. The second-order valence-corrected chi connectivity index (χ2v) is 4.80. The van der Waals surface area contributed by atoms with E-state index in [1.165, 1.54) is 11.3 Å². The first-order chi connectivity index (χ1) is 6.56. The molecule has 0 aliphatic carbocycles. The van der Waals surface area contributed by atoms with Crippen LogP contribution in [0.2, 0.25) is 0 Å². The molecule has 1 aromatic rings. The third-order valence-corrected chi connectivity index (χ3v) is 2.93. The van der Waals surface area contributed by atoms with Crippen molar-refractivity contribution in [1.82, 2.24) is 0 Å². The van der Waals surface area contributed by atoms with E-state index < -0.39 is 5.41 Å². The number of anilines is 1. The Morgan fingerprint density at radius 1 is 1.64 bits per heavy atom. The second kappa shape index (κ2) is 4.57. The number of thiophene rings is 1. The molecule has 0 fully saturated rings. The van der Waals surface area contributed by atoms with Gasteiger partial charge in [0.15, 0.2) is 0 Å². The molecule has 3 nitrogen and oxygen atoms in total. The van der Waals surface area contributed by atoms with Gasteiger partial charge in [0.05, 0.1) is 5.00 Å². The van der Waals surface area contributed by atoms with Crippen LogP contribution in [0.15, 0.2) is 17.5 Å². The topological polar surface area (TPSA) is 55.1 Å². The van der Waals surface area contributed by atoms with Gasteiger partial charge in [0, 0.05) is 5.41 Å². The van der Waals surface area contributed by atoms with Crippen LogP contribution in [-0.2, 0) is 4.79 Å². The van der Waals surface area contributed by atoms with E-state index in [2.05, 4.69) is 5.32 Å². The van der Waals surface area contributed by atoms with E-state index in [0.29, 0.717) is 13.0 Å². The number of hydrogen-bond donors (Lipinski definition) is 2. The molecule has 0 radical (unpaired) electrons. The van der Waals surface area contributed by atoms with Crippen molar-refractivity contribution >= 4 is 22.2 Å². The normalized spacial score (nSPS) is 11.4. The number of hydrogen-bond acceptors (Lipinski definition) is 3. The lowest BCUT2D eigenvalue weighted by Gasteiger charge is -2.21. The molecule has 0 saturated carbocycles. The third-order valence-electron chi connectivity index (χ3n) is 2.14. The van der Waals surface area contributed by atoms with Gasteiger partial charge < -0.3 is 11.1 Å². The van der Waals surface area contributed by atoms with Crippen molar-refractivity contribution in [2.24, 2.45) is 11.1 Å². The zero-order valence-electron chi connectivity index (χ0n) is 8.54. The summed E-state index contributed by atoms with van der Waals surface area (Å²) in [5, 5.41) is 5.70. The maximum Gasteiger partial charge on any atom is 0.230 e. The van der Waals surface area contributed by atoms with Crippen LogP contribution in [0.4, 0.5) is 5.00 Å². The van der Waals surface area contributed by atoms with Crippen LogP contribution in [0.1, 0.15) is 20.3 Å². The average molecular weight is 212 g/mol. The highest BCUT2D eigenvalue weighted by Gasteiger charge is 2.26. The second-order valence-electron chi connectivity index (χ2n) is 3.85. The maximum absolute atomic E-state index is 11.8. The largest absolute Gasteiger partial charge is 0.330 e. The van der Waals surface area contributed by atoms with Crippen LogP contribution >= 0.6 is 11.3 Å². The van der Waals surface area contributed by atoms with Gasteiger partial charge in [0.1, 0.15) is 0 Å². The molecule has 0 aromatic carbocycles. The van der Waals surface area contributed by atoms with Crippen molar-refractivity contribution in [3.63, 3.8) is 0 Å². The van der Waals surface area contributed by atoms with Crippen molar-refractivity contribution in [2.75, 3.05) is 11.9 Å². The molecule has 0 saturated heterocycles. The zero-order chi connectivity index (χ0) is 10.6. The highest BCUT2D eigenvalue weighted by molar-refractivity contribution is 7.14. The van der Waals surface area contributed by atoms with E-state index in [9.17, 15) is 4.79 Å². The molecular weight excluding hydrogens is 196 g/mol. The standard InChI is InChI=1S/C10H16N2OS/c1-10(2,5-6-11)9(13)12-8-4-3-7-14-8/h3-4,7H,5-6,11H2,1-2H3,(H,12,13). The first-order valence-electron chi connectivity index (χ1n) is 4.61. The van der Waals surface area contributed by atoms with Crippen LogP contribution in [0.5, 0.6) is 0 Å². The van der Waals surface area contributed by atoms with Crippen molar-refractivity contribution in [1.29, 1.82) is 0 Å². The summed E-state index contributed by atoms with van der Waals surface area (Å²) in [6.45, 7) is 4.34. The van der Waals surface area contributed by atoms with Gasteiger partial charge >= 0.3 is 0 Å². The van der Waals surface area contributed by atoms with Crippen LogP contribution in [-0.4, -0.2) is 12.5 Å². The summed E-state index contributed by atoms with van der Waals surface area (Å²) in [5.74, 6) is 0.0328. The Morgan fingerprint density at radius 2 is 2.36 bits per heavy atom. The quantitative estimate of drug-likeness (QED) is 0.802. The Balaban J connectivity index is 2.57. The SMILES string of the molecule is CC(C)(CCN)C(=O)Nc1cccs1. The fourth-order valence-corrected chi connectivity index (χ4v) is 1.72. The molecular formula is C10H16N2OS. The lowest BCUT2D eigenvalue weighted by molar-refractivity contribution is -0.124. The van der Waals surface area contributed by atoms with E-state index in [-0.39, 0.29) is 5.91 Å². The predicted octanol–water partition coefficient (Wildman–Crippen LogP) is 2.06. The lowest BCUT2D eigenvalue weighted by Crippen LogP contribution is -2.32. The summed E-state index contributed by atoms with van der Waals surface area (Å²) in [6.07, 6.45) is 0.699. The maximum atomic E-state index is 11.8. The highest BCUT2D eigenvalue weighted by Crippen LogP contribution is 2.23. The zero-order valence-corrected chi connectivity index (χ0v) is 9.36. The van der Waals surface area contributed by atoms with Gasteiger partial charge in [-0.1, -0.05) is 13.8 Å². The number of rotatable bonds is 4. The minimum Gasteiger partial charge on any atom is -0.330 e. The summed E-state index contributed by atoms with van der Waals surface area (Å²) in [6, 6.07) is 3.80. The number of carbonyl (C=O) groups excluding carboxylic acids is 1. The molecule has 14 heavy (non-hydrogen) atoms. The molecule has 4 heteroatoms. The molecule has 1 aromatic heterocycles. The van der Waals surface area contributed by atoms with Crippen LogP contribution in [0.3, 0.4) is 0 Å². The van der Waals surface area contributed by atoms with Crippen molar-refractivity contribution in [2.45, 2.75) is 20.3 Å². The highest BCUT2D eigenvalue weighted by atomic mass is 32.1. The molecule has 0 bridgehead atoms. The van der Waals surface area contributed by atoms with E-state index in [0.717, 1.165) is 5.00 Å². The first-order valence-corrected chi connectivity index (χ1v) is 5.49. The van der Waals surface area contributed by atoms with E-state index in [4.69, 9.17) is 5.73 Å². The Morgan fingerprint density at radius 3 is 2.86 bits per heavy atom. The van der Waals surface area contributed by atoms with E-state index in [1.807, 2.05) is 31.4 Å². The molecule has 1 heterocycles. The van der Waals surface area contributed by atoms with Gasteiger partial charge in [-0.25, -0.2) is 0 Å². The van der Waals surface area contributed by atoms with Gasteiger partial charge in [0.2, 0.25) is 5.91 Å². The van der Waals surface area contributed by atoms with E-state index >= 15 is 0 Å². The molecule has 3 N–H and O–H groups in total. The minimum atomic E-state index is -0.390. The molecule has 0 atom stereocenters. The summed E-state index contributed by atoms with van der Waals surface area (Å²) in [7, 11) is 0. The number of carbonyl (C=O) groups is 1. The van der Waals surface area contributed by atoms with Crippen LogP contribution < -0.4 is 11.1 Å². The fourth-order valence-electron chi connectivity index (χ4n) is 1.11.